The summed E-state index contributed by atoms with van der Waals surface area (Å²) in [6.07, 6.45) is 7.13. The van der Waals surface area contributed by atoms with Gasteiger partial charge in [-0.3, -0.25) is 4.68 Å². The molecule has 10 heteroatoms. The lowest BCUT2D eigenvalue weighted by Gasteiger charge is -2.33. The van der Waals surface area contributed by atoms with Crippen LogP contribution < -0.4 is 5.73 Å². The van der Waals surface area contributed by atoms with Crippen molar-refractivity contribution in [1.82, 2.24) is 29.9 Å². The fourth-order valence-corrected chi connectivity index (χ4v) is 4.17. The number of amides is 1. The monoisotopic (exact) mass is 441 g/mol. The molecule has 1 saturated heterocycles. The van der Waals surface area contributed by atoms with Crippen LogP contribution in [-0.2, 0) is 11.3 Å². The third-order valence-electron chi connectivity index (χ3n) is 5.13. The van der Waals surface area contributed by atoms with Crippen molar-refractivity contribution in [1.29, 1.82) is 0 Å². The summed E-state index contributed by atoms with van der Waals surface area (Å²) in [7, 11) is 0. The van der Waals surface area contributed by atoms with Gasteiger partial charge < -0.3 is 15.4 Å². The standard InChI is InChI=1S/C21H27N7O2S/c1-21(2,3)30-20(29)27-7-4-14(5-8-27)12-28-13-15(11-24-28)16-10-17(25-26-18(16)22)19-23-6-9-31-19/h6,9-11,13-14H,4-5,7-8,12H2,1-3H3,(H2,22,26). The predicted molar refractivity (Wildman–Crippen MR) is 119 cm³/mol. The number of rotatable bonds is 4. The van der Waals surface area contributed by atoms with Gasteiger partial charge in [0, 0.05) is 48.5 Å². The first kappa shape index (κ1) is 21.2. The highest BCUT2D eigenvalue weighted by atomic mass is 32.1. The van der Waals surface area contributed by atoms with E-state index in [-0.39, 0.29) is 6.09 Å². The Morgan fingerprint density at radius 1 is 1.29 bits per heavy atom. The van der Waals surface area contributed by atoms with E-state index in [1.807, 2.05) is 43.1 Å². The lowest BCUT2D eigenvalue weighted by Crippen LogP contribution is -2.42. The third kappa shape index (κ3) is 5.19. The first-order valence-electron chi connectivity index (χ1n) is 10.3. The number of likely N-dealkylation sites (tertiary alicyclic amines) is 1. The highest BCUT2D eigenvalue weighted by Gasteiger charge is 2.27. The SMILES string of the molecule is CC(C)(C)OC(=O)N1CCC(Cn2cc(-c3cc(-c4nccs4)nnc3N)cn2)CC1. The third-order valence-corrected chi connectivity index (χ3v) is 5.93. The maximum atomic E-state index is 12.2. The maximum absolute atomic E-state index is 12.2. The molecular weight excluding hydrogens is 414 g/mol. The fourth-order valence-electron chi connectivity index (χ4n) is 3.58. The molecule has 0 atom stereocenters. The van der Waals surface area contributed by atoms with Crippen LogP contribution in [0.3, 0.4) is 0 Å². The summed E-state index contributed by atoms with van der Waals surface area (Å²) < 4.78 is 7.41. The number of carbonyl (C=O) groups is 1. The number of aromatic nitrogens is 5. The number of nitrogen functional groups attached to an aromatic ring is 1. The van der Waals surface area contributed by atoms with Crippen molar-refractivity contribution < 1.29 is 9.53 Å². The number of hydrogen-bond acceptors (Lipinski definition) is 8. The zero-order chi connectivity index (χ0) is 22.0. The average Bonchev–Trinajstić information content (AvgIpc) is 3.40. The molecule has 1 amide bonds. The number of nitrogens with zero attached hydrogens (tertiary/aromatic N) is 6. The van der Waals surface area contributed by atoms with Crippen molar-refractivity contribution in [3.63, 3.8) is 0 Å². The minimum atomic E-state index is -0.470. The largest absolute Gasteiger partial charge is 0.444 e. The Labute approximate surface area is 185 Å². The molecular formula is C21H27N7O2S. The van der Waals surface area contributed by atoms with E-state index in [4.69, 9.17) is 10.5 Å². The second kappa shape index (κ2) is 8.62. The van der Waals surface area contributed by atoms with Crippen LogP contribution in [0.4, 0.5) is 10.6 Å². The Hall–Kier alpha value is -3.01. The lowest BCUT2D eigenvalue weighted by molar-refractivity contribution is 0.0177. The molecule has 0 radical (unpaired) electrons. The number of thiazole rings is 1. The van der Waals surface area contributed by atoms with E-state index in [1.165, 1.54) is 11.3 Å². The van der Waals surface area contributed by atoms with Crippen molar-refractivity contribution in [3.05, 3.63) is 30.0 Å². The lowest BCUT2D eigenvalue weighted by atomic mass is 9.97. The highest BCUT2D eigenvalue weighted by Crippen LogP contribution is 2.29. The van der Waals surface area contributed by atoms with Gasteiger partial charge in [-0.05, 0) is 45.6 Å². The summed E-state index contributed by atoms with van der Waals surface area (Å²) in [6, 6.07) is 1.90. The normalized spacial score (nSPS) is 15.3. The molecule has 0 bridgehead atoms. The zero-order valence-corrected chi connectivity index (χ0v) is 18.8. The Morgan fingerprint density at radius 2 is 2.06 bits per heavy atom. The van der Waals surface area contributed by atoms with E-state index < -0.39 is 5.60 Å². The second-order valence-corrected chi connectivity index (χ2v) is 9.62. The average molecular weight is 442 g/mol. The predicted octanol–water partition coefficient (Wildman–Crippen LogP) is 3.69. The molecule has 1 fully saturated rings. The van der Waals surface area contributed by atoms with E-state index in [2.05, 4.69) is 20.3 Å². The van der Waals surface area contributed by atoms with E-state index in [0.29, 0.717) is 30.5 Å². The maximum Gasteiger partial charge on any atom is 0.410 e. The molecule has 164 valence electrons. The summed E-state index contributed by atoms with van der Waals surface area (Å²) in [6.45, 7) is 7.85. The van der Waals surface area contributed by atoms with Gasteiger partial charge in [-0.2, -0.15) is 5.10 Å². The fraction of sp³-hybridized carbons (Fsp3) is 0.476. The highest BCUT2D eigenvalue weighted by molar-refractivity contribution is 7.13. The van der Waals surface area contributed by atoms with E-state index in [9.17, 15) is 4.79 Å². The molecule has 4 rings (SSSR count). The van der Waals surface area contributed by atoms with Crippen LogP contribution in [0, 0.1) is 5.92 Å². The molecule has 0 aromatic carbocycles. The Bertz CT molecular complexity index is 1030. The van der Waals surface area contributed by atoms with Gasteiger partial charge in [0.05, 0.1) is 6.20 Å². The number of hydrogen-bond donors (Lipinski definition) is 1. The summed E-state index contributed by atoms with van der Waals surface area (Å²) in [4.78, 5) is 18.3. The van der Waals surface area contributed by atoms with Gasteiger partial charge in [-0.25, -0.2) is 9.78 Å². The molecule has 0 spiro atoms. The molecule has 0 aliphatic carbocycles. The van der Waals surface area contributed by atoms with Gasteiger partial charge in [-0.1, -0.05) is 0 Å². The Morgan fingerprint density at radius 3 is 2.74 bits per heavy atom. The molecule has 3 aromatic rings. The molecule has 31 heavy (non-hydrogen) atoms. The van der Waals surface area contributed by atoms with Gasteiger partial charge in [0.15, 0.2) is 5.82 Å². The van der Waals surface area contributed by atoms with Crippen LogP contribution in [0.15, 0.2) is 30.0 Å². The van der Waals surface area contributed by atoms with Gasteiger partial charge in [0.1, 0.15) is 16.3 Å². The van der Waals surface area contributed by atoms with Crippen molar-refractivity contribution in [2.24, 2.45) is 5.92 Å². The quantitative estimate of drug-likeness (QED) is 0.657. The van der Waals surface area contributed by atoms with Crippen LogP contribution in [0.2, 0.25) is 0 Å². The molecule has 1 aliphatic rings. The molecule has 3 aromatic heterocycles. The minimum absolute atomic E-state index is 0.232. The van der Waals surface area contributed by atoms with Gasteiger partial charge in [-0.15, -0.1) is 21.5 Å². The van der Waals surface area contributed by atoms with Crippen LogP contribution in [0.5, 0.6) is 0 Å². The van der Waals surface area contributed by atoms with Crippen molar-refractivity contribution in [2.45, 2.75) is 45.8 Å². The van der Waals surface area contributed by atoms with Crippen molar-refractivity contribution in [3.8, 4) is 21.8 Å². The van der Waals surface area contributed by atoms with Gasteiger partial charge in [0.25, 0.3) is 0 Å². The summed E-state index contributed by atoms with van der Waals surface area (Å²) in [5.41, 5.74) is 8.00. The van der Waals surface area contributed by atoms with E-state index >= 15 is 0 Å². The number of nitrogens with two attached hydrogens (primary N) is 1. The smallest absolute Gasteiger partial charge is 0.410 e. The molecule has 2 N–H and O–H groups in total. The summed E-state index contributed by atoms with van der Waals surface area (Å²) in [5, 5.41) is 15.5. The molecule has 1 aliphatic heterocycles. The van der Waals surface area contributed by atoms with Gasteiger partial charge >= 0.3 is 6.09 Å². The Kier molecular flexibility index (Phi) is 5.90. The number of ether oxygens (including phenoxy) is 1. The first-order chi connectivity index (χ1) is 14.8. The van der Waals surface area contributed by atoms with Crippen LogP contribution in [0.25, 0.3) is 21.8 Å². The summed E-state index contributed by atoms with van der Waals surface area (Å²) in [5.74, 6) is 0.816. The number of carbonyl (C=O) groups excluding carboxylic acids is 1. The van der Waals surface area contributed by atoms with Crippen molar-refractivity contribution in [2.75, 3.05) is 18.8 Å². The van der Waals surface area contributed by atoms with E-state index in [1.54, 1.807) is 17.3 Å². The van der Waals surface area contributed by atoms with Crippen LogP contribution in [0.1, 0.15) is 33.6 Å². The second-order valence-electron chi connectivity index (χ2n) is 8.73. The molecule has 9 nitrogen and oxygen atoms in total. The first-order valence-corrected chi connectivity index (χ1v) is 11.2. The number of piperidine rings is 1. The summed E-state index contributed by atoms with van der Waals surface area (Å²) >= 11 is 1.51. The zero-order valence-electron chi connectivity index (χ0n) is 18.0. The van der Waals surface area contributed by atoms with Crippen LogP contribution in [-0.4, -0.2) is 54.6 Å². The van der Waals surface area contributed by atoms with Crippen LogP contribution >= 0.6 is 11.3 Å². The molecule has 0 unspecified atom stereocenters. The van der Waals surface area contributed by atoms with Gasteiger partial charge in [0.2, 0.25) is 0 Å². The van der Waals surface area contributed by atoms with Crippen molar-refractivity contribution >= 4 is 23.2 Å². The number of anilines is 1. The molecule has 4 heterocycles. The molecule has 0 saturated carbocycles. The van der Waals surface area contributed by atoms with E-state index in [0.717, 1.165) is 35.5 Å². The minimum Gasteiger partial charge on any atom is -0.444 e. The topological polar surface area (TPSA) is 112 Å². The Balaban J connectivity index is 1.38.